The highest BCUT2D eigenvalue weighted by molar-refractivity contribution is 7.09. The lowest BCUT2D eigenvalue weighted by molar-refractivity contribution is 0.551. The summed E-state index contributed by atoms with van der Waals surface area (Å²) < 4.78 is 0. The van der Waals surface area contributed by atoms with Gasteiger partial charge in [0.2, 0.25) is 0 Å². The Hall–Kier alpha value is -0.450. The molecule has 0 fully saturated rings. The van der Waals surface area contributed by atoms with Gasteiger partial charge in [0.15, 0.2) is 0 Å². The van der Waals surface area contributed by atoms with Crippen molar-refractivity contribution in [3.8, 4) is 0 Å². The predicted octanol–water partition coefficient (Wildman–Crippen LogP) is 0.888. The van der Waals surface area contributed by atoms with Crippen LogP contribution in [0.15, 0.2) is 5.38 Å². The number of hydrogen-bond acceptors (Lipinski definition) is 4. The maximum absolute atomic E-state index is 5.46. The van der Waals surface area contributed by atoms with Gasteiger partial charge in [-0.2, -0.15) is 0 Å². The van der Waals surface area contributed by atoms with Gasteiger partial charge in [0.1, 0.15) is 0 Å². The molecule has 0 aliphatic rings. The Balaban J connectivity index is 2.33. The zero-order chi connectivity index (χ0) is 8.97. The third kappa shape index (κ3) is 2.89. The van der Waals surface area contributed by atoms with Gasteiger partial charge in [0.25, 0.3) is 0 Å². The minimum Gasteiger partial charge on any atom is -0.329 e. The summed E-state index contributed by atoms with van der Waals surface area (Å²) in [6, 6.07) is 0.368. The van der Waals surface area contributed by atoms with Gasteiger partial charge in [-0.05, 0) is 13.8 Å². The molecule has 1 rings (SSSR count). The second-order valence-corrected chi connectivity index (χ2v) is 3.94. The summed E-state index contributed by atoms with van der Waals surface area (Å²) in [6.45, 7) is 5.57. The molecule has 3 nitrogen and oxygen atoms in total. The number of nitrogens with one attached hydrogen (secondary N) is 1. The van der Waals surface area contributed by atoms with Crippen LogP contribution in [0.3, 0.4) is 0 Å². The minimum absolute atomic E-state index is 0.368. The Morgan fingerprint density at radius 1 is 1.75 bits per heavy atom. The molecule has 1 aromatic heterocycles. The topological polar surface area (TPSA) is 50.9 Å². The fourth-order valence-corrected chi connectivity index (χ4v) is 1.46. The average molecular weight is 185 g/mol. The molecule has 3 N–H and O–H groups in total. The number of nitrogens with zero attached hydrogens (tertiary/aromatic N) is 1. The standard InChI is InChI=1S/C8H15N3S/c1-6(3-9)10-4-8-5-12-7(2)11-8/h5-6,10H,3-4,9H2,1-2H3/t6-/m1/s1. The van der Waals surface area contributed by atoms with Crippen LogP contribution in [0, 0.1) is 6.92 Å². The van der Waals surface area contributed by atoms with Crippen molar-refractivity contribution in [2.75, 3.05) is 6.54 Å². The van der Waals surface area contributed by atoms with Gasteiger partial charge in [-0.15, -0.1) is 11.3 Å². The molecule has 4 heteroatoms. The van der Waals surface area contributed by atoms with Crippen LogP contribution in [0.25, 0.3) is 0 Å². The molecular formula is C8H15N3S. The quantitative estimate of drug-likeness (QED) is 0.732. The number of rotatable bonds is 4. The lowest BCUT2D eigenvalue weighted by atomic mass is 10.3. The van der Waals surface area contributed by atoms with Crippen molar-refractivity contribution in [2.24, 2.45) is 5.73 Å². The van der Waals surface area contributed by atoms with Gasteiger partial charge in [-0.25, -0.2) is 4.98 Å². The Kier molecular flexibility index (Phi) is 3.65. The molecule has 1 heterocycles. The van der Waals surface area contributed by atoms with Crippen molar-refractivity contribution in [1.29, 1.82) is 0 Å². The summed E-state index contributed by atoms with van der Waals surface area (Å²) in [5.74, 6) is 0. The molecular weight excluding hydrogens is 170 g/mol. The van der Waals surface area contributed by atoms with Crippen molar-refractivity contribution in [2.45, 2.75) is 26.4 Å². The molecule has 0 aromatic carbocycles. The monoisotopic (exact) mass is 185 g/mol. The van der Waals surface area contributed by atoms with Gasteiger partial charge in [0.05, 0.1) is 10.7 Å². The first-order chi connectivity index (χ1) is 5.72. The lowest BCUT2D eigenvalue weighted by Crippen LogP contribution is -2.32. The highest BCUT2D eigenvalue weighted by Crippen LogP contribution is 2.07. The summed E-state index contributed by atoms with van der Waals surface area (Å²) in [4.78, 5) is 4.33. The van der Waals surface area contributed by atoms with E-state index in [0.717, 1.165) is 17.2 Å². The van der Waals surface area contributed by atoms with Crippen molar-refractivity contribution < 1.29 is 0 Å². The first-order valence-corrected chi connectivity index (χ1v) is 4.94. The maximum atomic E-state index is 5.46. The van der Waals surface area contributed by atoms with Gasteiger partial charge in [-0.1, -0.05) is 0 Å². The van der Waals surface area contributed by atoms with Crippen LogP contribution >= 0.6 is 11.3 Å². The van der Waals surface area contributed by atoms with E-state index in [4.69, 9.17) is 5.73 Å². The van der Waals surface area contributed by atoms with Crippen LogP contribution in [0.2, 0.25) is 0 Å². The number of nitrogens with two attached hydrogens (primary N) is 1. The highest BCUT2D eigenvalue weighted by atomic mass is 32.1. The normalized spacial score (nSPS) is 13.2. The number of aryl methyl sites for hydroxylation is 1. The second kappa shape index (κ2) is 4.54. The van der Waals surface area contributed by atoms with Crippen molar-refractivity contribution in [3.05, 3.63) is 16.1 Å². The maximum Gasteiger partial charge on any atom is 0.0897 e. The Morgan fingerprint density at radius 2 is 2.50 bits per heavy atom. The van der Waals surface area contributed by atoms with E-state index in [9.17, 15) is 0 Å². The first-order valence-electron chi connectivity index (χ1n) is 4.07. The minimum atomic E-state index is 0.368. The van der Waals surface area contributed by atoms with E-state index >= 15 is 0 Å². The molecule has 0 spiro atoms. The largest absolute Gasteiger partial charge is 0.329 e. The van der Waals surface area contributed by atoms with E-state index in [1.54, 1.807) is 11.3 Å². The fourth-order valence-electron chi connectivity index (χ4n) is 0.852. The zero-order valence-electron chi connectivity index (χ0n) is 7.50. The molecule has 0 radical (unpaired) electrons. The SMILES string of the molecule is Cc1nc(CN[C@H](C)CN)cs1. The molecule has 1 atom stereocenters. The number of thiazole rings is 1. The molecule has 0 aliphatic heterocycles. The molecule has 68 valence electrons. The van der Waals surface area contributed by atoms with Gasteiger partial charge >= 0.3 is 0 Å². The second-order valence-electron chi connectivity index (χ2n) is 2.88. The molecule has 1 aromatic rings. The van der Waals surface area contributed by atoms with E-state index in [-0.39, 0.29) is 0 Å². The van der Waals surface area contributed by atoms with Crippen LogP contribution < -0.4 is 11.1 Å². The van der Waals surface area contributed by atoms with E-state index in [0.29, 0.717) is 12.6 Å². The van der Waals surface area contributed by atoms with E-state index in [1.807, 2.05) is 6.92 Å². The molecule has 0 amide bonds. The molecule has 0 bridgehead atoms. The number of hydrogen-bond donors (Lipinski definition) is 2. The molecule has 0 unspecified atom stereocenters. The summed E-state index contributed by atoms with van der Waals surface area (Å²) in [5, 5.41) is 6.47. The first kappa shape index (κ1) is 9.64. The molecule has 0 saturated heterocycles. The summed E-state index contributed by atoms with van der Waals surface area (Å²) >= 11 is 1.68. The summed E-state index contributed by atoms with van der Waals surface area (Å²) in [6.07, 6.45) is 0. The van der Waals surface area contributed by atoms with E-state index in [2.05, 4.69) is 22.6 Å². The molecule has 0 aliphatic carbocycles. The summed E-state index contributed by atoms with van der Waals surface area (Å²) in [5.41, 5.74) is 6.57. The Morgan fingerprint density at radius 3 is 3.00 bits per heavy atom. The molecule has 12 heavy (non-hydrogen) atoms. The van der Waals surface area contributed by atoms with Crippen molar-refractivity contribution in [3.63, 3.8) is 0 Å². The zero-order valence-corrected chi connectivity index (χ0v) is 8.32. The Labute approximate surface area is 77.0 Å². The van der Waals surface area contributed by atoms with Gasteiger partial charge < -0.3 is 11.1 Å². The van der Waals surface area contributed by atoms with Crippen LogP contribution in [0.1, 0.15) is 17.6 Å². The van der Waals surface area contributed by atoms with E-state index in [1.165, 1.54) is 0 Å². The van der Waals surface area contributed by atoms with Crippen molar-refractivity contribution >= 4 is 11.3 Å². The smallest absolute Gasteiger partial charge is 0.0897 e. The van der Waals surface area contributed by atoms with E-state index < -0.39 is 0 Å². The third-order valence-electron chi connectivity index (χ3n) is 1.65. The van der Waals surface area contributed by atoms with Crippen LogP contribution in [0.4, 0.5) is 0 Å². The van der Waals surface area contributed by atoms with Crippen LogP contribution in [-0.4, -0.2) is 17.6 Å². The van der Waals surface area contributed by atoms with Crippen molar-refractivity contribution in [1.82, 2.24) is 10.3 Å². The van der Waals surface area contributed by atoms with Crippen LogP contribution in [0.5, 0.6) is 0 Å². The highest BCUT2D eigenvalue weighted by Gasteiger charge is 2.00. The third-order valence-corrected chi connectivity index (χ3v) is 2.47. The lowest BCUT2D eigenvalue weighted by Gasteiger charge is -2.08. The predicted molar refractivity (Wildman–Crippen MR) is 52.2 cm³/mol. The average Bonchev–Trinajstić information content (AvgIpc) is 2.47. The van der Waals surface area contributed by atoms with Gasteiger partial charge in [0, 0.05) is 24.5 Å². The fraction of sp³-hybridized carbons (Fsp3) is 0.625. The Bertz CT molecular complexity index is 234. The van der Waals surface area contributed by atoms with Crippen LogP contribution in [-0.2, 0) is 6.54 Å². The molecule has 0 saturated carbocycles. The number of aromatic nitrogens is 1. The van der Waals surface area contributed by atoms with Gasteiger partial charge in [-0.3, -0.25) is 0 Å². The summed E-state index contributed by atoms with van der Waals surface area (Å²) in [7, 11) is 0.